The molecular weight excluding hydrogens is 368 g/mol. The molecule has 3 heterocycles. The molecule has 0 unspecified atom stereocenters. The first kappa shape index (κ1) is 20.6. The van der Waals surface area contributed by atoms with E-state index in [2.05, 4.69) is 57.5 Å². The van der Waals surface area contributed by atoms with Crippen LogP contribution in [-0.2, 0) is 20.0 Å². The number of aromatic nitrogens is 5. The van der Waals surface area contributed by atoms with Crippen molar-refractivity contribution in [3.8, 4) is 11.6 Å². The fraction of sp³-hybridized carbons (Fsp3) is 0.500. The molecule has 2 N–H and O–H groups in total. The Kier molecular flexibility index (Phi) is 6.69. The van der Waals surface area contributed by atoms with Gasteiger partial charge in [0.1, 0.15) is 5.82 Å². The van der Waals surface area contributed by atoms with Crippen LogP contribution in [0.4, 0.5) is 0 Å². The topological polar surface area (TPSA) is 100 Å². The molecule has 0 fully saturated rings. The first-order valence-electron chi connectivity index (χ1n) is 9.95. The first-order valence-corrected chi connectivity index (χ1v) is 9.95. The van der Waals surface area contributed by atoms with Gasteiger partial charge in [-0.15, -0.1) is 0 Å². The highest BCUT2D eigenvalue weighted by Gasteiger charge is 2.15. The van der Waals surface area contributed by atoms with Gasteiger partial charge in [-0.25, -0.2) is 4.98 Å². The number of nitrogens with one attached hydrogen (secondary N) is 2. The van der Waals surface area contributed by atoms with Crippen molar-refractivity contribution in [2.24, 2.45) is 12.0 Å². The third-order valence-electron chi connectivity index (χ3n) is 4.47. The standard InChI is InChI=1S/C20H30N8O/c1-6-21-20(27(4)12-15-13-28(5)26-18(15)14(2)3)22-10-9-17-23-19(25-24-17)16-8-7-11-29-16/h7-8,11,13-14H,6,9-10,12H2,1-5H3,(H,21,22)(H,23,24,25). The molecule has 0 saturated carbocycles. The lowest BCUT2D eigenvalue weighted by atomic mass is 10.1. The summed E-state index contributed by atoms with van der Waals surface area (Å²) in [6.45, 7) is 8.55. The van der Waals surface area contributed by atoms with E-state index in [1.807, 2.05) is 30.9 Å². The molecule has 3 aromatic rings. The minimum Gasteiger partial charge on any atom is -0.461 e. The van der Waals surface area contributed by atoms with Crippen molar-refractivity contribution in [2.45, 2.75) is 39.7 Å². The quantitative estimate of drug-likeness (QED) is 0.447. The van der Waals surface area contributed by atoms with Gasteiger partial charge < -0.3 is 14.6 Å². The second-order valence-corrected chi connectivity index (χ2v) is 7.29. The van der Waals surface area contributed by atoms with Crippen molar-refractivity contribution in [1.82, 2.24) is 35.2 Å². The lowest BCUT2D eigenvalue weighted by Gasteiger charge is -2.22. The average Bonchev–Trinajstić information content (AvgIpc) is 3.41. The van der Waals surface area contributed by atoms with Crippen LogP contribution in [0.15, 0.2) is 34.0 Å². The second-order valence-electron chi connectivity index (χ2n) is 7.29. The van der Waals surface area contributed by atoms with Crippen LogP contribution in [0, 0.1) is 0 Å². The lowest BCUT2D eigenvalue weighted by Crippen LogP contribution is -2.38. The largest absolute Gasteiger partial charge is 0.461 e. The van der Waals surface area contributed by atoms with E-state index < -0.39 is 0 Å². The number of H-pyrrole nitrogens is 1. The van der Waals surface area contributed by atoms with Gasteiger partial charge in [0.15, 0.2) is 11.7 Å². The number of aromatic amines is 1. The molecule has 29 heavy (non-hydrogen) atoms. The molecule has 0 atom stereocenters. The van der Waals surface area contributed by atoms with Crippen LogP contribution in [0.2, 0.25) is 0 Å². The number of furan rings is 1. The zero-order valence-corrected chi connectivity index (χ0v) is 17.8. The van der Waals surface area contributed by atoms with E-state index in [9.17, 15) is 0 Å². The van der Waals surface area contributed by atoms with E-state index in [0.29, 0.717) is 30.5 Å². The van der Waals surface area contributed by atoms with Gasteiger partial charge in [0.2, 0.25) is 5.82 Å². The molecule has 0 spiro atoms. The van der Waals surface area contributed by atoms with Crippen LogP contribution in [0.1, 0.15) is 43.8 Å². The highest BCUT2D eigenvalue weighted by Crippen LogP contribution is 2.18. The summed E-state index contributed by atoms with van der Waals surface area (Å²) in [6, 6.07) is 3.66. The van der Waals surface area contributed by atoms with Crippen LogP contribution in [-0.4, -0.2) is 56.0 Å². The highest BCUT2D eigenvalue weighted by molar-refractivity contribution is 5.79. The first-order chi connectivity index (χ1) is 14.0. The zero-order valence-electron chi connectivity index (χ0n) is 17.8. The molecule has 156 valence electrons. The summed E-state index contributed by atoms with van der Waals surface area (Å²) in [5.41, 5.74) is 2.34. The van der Waals surface area contributed by atoms with E-state index in [-0.39, 0.29) is 0 Å². The summed E-state index contributed by atoms with van der Waals surface area (Å²) < 4.78 is 7.21. The van der Waals surface area contributed by atoms with Gasteiger partial charge in [0.05, 0.1) is 12.0 Å². The minimum absolute atomic E-state index is 0.383. The maximum absolute atomic E-state index is 5.33. The zero-order chi connectivity index (χ0) is 20.8. The fourth-order valence-corrected chi connectivity index (χ4v) is 3.15. The number of hydrogen-bond acceptors (Lipinski definition) is 5. The van der Waals surface area contributed by atoms with Crippen molar-refractivity contribution in [1.29, 1.82) is 0 Å². The molecule has 0 aromatic carbocycles. The van der Waals surface area contributed by atoms with Crippen LogP contribution in [0.5, 0.6) is 0 Å². The van der Waals surface area contributed by atoms with Crippen molar-refractivity contribution < 1.29 is 4.42 Å². The van der Waals surface area contributed by atoms with E-state index in [1.165, 1.54) is 5.56 Å². The number of aryl methyl sites for hydroxylation is 1. The number of guanidine groups is 1. The predicted molar refractivity (Wildman–Crippen MR) is 113 cm³/mol. The molecule has 0 radical (unpaired) electrons. The molecule has 3 rings (SSSR count). The van der Waals surface area contributed by atoms with Crippen molar-refractivity contribution >= 4 is 5.96 Å². The van der Waals surface area contributed by atoms with Crippen LogP contribution >= 0.6 is 0 Å². The summed E-state index contributed by atoms with van der Waals surface area (Å²) in [6.07, 6.45) is 4.36. The fourth-order valence-electron chi connectivity index (χ4n) is 3.15. The summed E-state index contributed by atoms with van der Waals surface area (Å²) >= 11 is 0. The van der Waals surface area contributed by atoms with Gasteiger partial charge in [0, 0.05) is 51.9 Å². The molecule has 3 aromatic heterocycles. The molecule has 9 heteroatoms. The number of nitrogens with zero attached hydrogens (tertiary/aromatic N) is 6. The Morgan fingerprint density at radius 3 is 2.93 bits per heavy atom. The lowest BCUT2D eigenvalue weighted by molar-refractivity contribution is 0.473. The van der Waals surface area contributed by atoms with Gasteiger partial charge in [0.25, 0.3) is 0 Å². The summed E-state index contributed by atoms with van der Waals surface area (Å²) in [4.78, 5) is 11.3. The smallest absolute Gasteiger partial charge is 0.216 e. The average molecular weight is 399 g/mol. The van der Waals surface area contributed by atoms with Crippen molar-refractivity contribution in [3.05, 3.63) is 41.7 Å². The molecule has 0 aliphatic carbocycles. The Hall–Kier alpha value is -3.10. The maximum Gasteiger partial charge on any atom is 0.216 e. The van der Waals surface area contributed by atoms with E-state index in [0.717, 1.165) is 30.6 Å². The Bertz CT molecular complexity index is 922. The minimum atomic E-state index is 0.383. The molecular formula is C20H30N8O. The van der Waals surface area contributed by atoms with E-state index in [4.69, 9.17) is 9.41 Å². The van der Waals surface area contributed by atoms with Crippen molar-refractivity contribution in [3.63, 3.8) is 0 Å². The third-order valence-corrected chi connectivity index (χ3v) is 4.47. The maximum atomic E-state index is 5.33. The molecule has 0 amide bonds. The normalized spacial score (nSPS) is 12.0. The Morgan fingerprint density at radius 1 is 1.41 bits per heavy atom. The third kappa shape index (κ3) is 5.24. The monoisotopic (exact) mass is 398 g/mol. The van der Waals surface area contributed by atoms with Gasteiger partial charge in [-0.1, -0.05) is 13.8 Å². The number of rotatable bonds is 8. The summed E-state index contributed by atoms with van der Waals surface area (Å²) in [7, 11) is 4.01. The Labute approximate surface area is 171 Å². The predicted octanol–water partition coefficient (Wildman–Crippen LogP) is 2.56. The molecule has 0 aliphatic rings. The second kappa shape index (κ2) is 9.40. The molecule has 0 saturated heterocycles. The van der Waals surface area contributed by atoms with Gasteiger partial charge in [-0.3, -0.25) is 14.8 Å². The Morgan fingerprint density at radius 2 is 2.24 bits per heavy atom. The van der Waals surface area contributed by atoms with Crippen LogP contribution < -0.4 is 5.32 Å². The molecule has 0 bridgehead atoms. The van der Waals surface area contributed by atoms with Crippen LogP contribution in [0.3, 0.4) is 0 Å². The molecule has 9 nitrogen and oxygen atoms in total. The Balaban J connectivity index is 1.63. The van der Waals surface area contributed by atoms with E-state index >= 15 is 0 Å². The molecule has 0 aliphatic heterocycles. The van der Waals surface area contributed by atoms with E-state index in [1.54, 1.807) is 6.26 Å². The number of aliphatic imine (C=N–C) groups is 1. The highest BCUT2D eigenvalue weighted by atomic mass is 16.3. The van der Waals surface area contributed by atoms with Crippen molar-refractivity contribution in [2.75, 3.05) is 20.1 Å². The van der Waals surface area contributed by atoms with Gasteiger partial charge in [-0.2, -0.15) is 10.2 Å². The number of hydrogen-bond donors (Lipinski definition) is 2. The summed E-state index contributed by atoms with van der Waals surface area (Å²) in [5.74, 6) is 3.25. The summed E-state index contributed by atoms with van der Waals surface area (Å²) in [5, 5.41) is 15.1. The van der Waals surface area contributed by atoms with Gasteiger partial charge in [-0.05, 0) is 25.0 Å². The van der Waals surface area contributed by atoms with Crippen LogP contribution in [0.25, 0.3) is 11.6 Å². The van der Waals surface area contributed by atoms with Gasteiger partial charge >= 0.3 is 0 Å². The SMILES string of the molecule is CCNC(=NCCc1nc(-c2ccco2)n[nH]1)N(C)Cc1cn(C)nc1C(C)C.